The number of aromatic nitrogens is 4. The van der Waals surface area contributed by atoms with Gasteiger partial charge in [-0.1, -0.05) is 11.2 Å². The number of nitro groups is 1. The Bertz CT molecular complexity index is 882. The minimum absolute atomic E-state index is 0.0836. The molecule has 3 rings (SSSR count). The minimum Gasteiger partial charge on any atom is -0.296 e. The van der Waals surface area contributed by atoms with Crippen LogP contribution in [0, 0.1) is 17.0 Å². The van der Waals surface area contributed by atoms with Gasteiger partial charge in [-0.25, -0.2) is 9.48 Å². The van der Waals surface area contributed by atoms with Crippen LogP contribution in [0.3, 0.4) is 0 Å². The highest BCUT2D eigenvalue weighted by atomic mass is 16.6. The smallest absolute Gasteiger partial charge is 0.296 e. The number of hydrogen-bond acceptors (Lipinski definition) is 7. The molecule has 9 nitrogen and oxygen atoms in total. The SMILES string of the molecule is Cc1nn(-c2cccc([N+](=O)[O-])c2)c2nc(=O)onc12. The van der Waals surface area contributed by atoms with Crippen LogP contribution in [-0.4, -0.2) is 24.8 Å². The molecule has 0 unspecified atom stereocenters. The van der Waals surface area contributed by atoms with E-state index in [0.717, 1.165) is 0 Å². The van der Waals surface area contributed by atoms with Gasteiger partial charge in [-0.2, -0.15) is 10.1 Å². The van der Waals surface area contributed by atoms with Gasteiger partial charge in [0.1, 0.15) is 0 Å². The van der Waals surface area contributed by atoms with Crippen LogP contribution in [0.25, 0.3) is 16.9 Å². The van der Waals surface area contributed by atoms with Crippen molar-refractivity contribution in [2.45, 2.75) is 6.92 Å². The Labute approximate surface area is 110 Å². The van der Waals surface area contributed by atoms with Gasteiger partial charge in [-0.05, 0) is 13.0 Å². The first-order valence-electron chi connectivity index (χ1n) is 5.54. The zero-order valence-corrected chi connectivity index (χ0v) is 10.2. The van der Waals surface area contributed by atoms with Gasteiger partial charge in [-0.3, -0.25) is 14.6 Å². The number of nitro benzene ring substituents is 1. The number of nitrogens with zero attached hydrogens (tertiary/aromatic N) is 5. The highest BCUT2D eigenvalue weighted by Gasteiger charge is 2.15. The fraction of sp³-hybridized carbons (Fsp3) is 0.0909. The Morgan fingerprint density at radius 2 is 2.20 bits per heavy atom. The van der Waals surface area contributed by atoms with Crippen LogP contribution in [-0.2, 0) is 0 Å². The Balaban J connectivity index is 2.29. The Kier molecular flexibility index (Phi) is 2.53. The summed E-state index contributed by atoms with van der Waals surface area (Å²) in [5, 5.41) is 18.6. The zero-order valence-electron chi connectivity index (χ0n) is 10.2. The predicted molar refractivity (Wildman–Crippen MR) is 66.6 cm³/mol. The molecule has 20 heavy (non-hydrogen) atoms. The fourth-order valence-corrected chi connectivity index (χ4v) is 1.82. The van der Waals surface area contributed by atoms with E-state index in [4.69, 9.17) is 0 Å². The maximum Gasteiger partial charge on any atom is 0.461 e. The largest absolute Gasteiger partial charge is 0.461 e. The van der Waals surface area contributed by atoms with Crippen molar-refractivity contribution in [1.29, 1.82) is 0 Å². The highest BCUT2D eigenvalue weighted by Crippen LogP contribution is 2.20. The lowest BCUT2D eigenvalue weighted by Gasteiger charge is -2.01. The normalized spacial score (nSPS) is 10.8. The lowest BCUT2D eigenvalue weighted by Crippen LogP contribution is -2.07. The predicted octanol–water partition coefficient (Wildman–Crippen LogP) is 0.985. The van der Waals surface area contributed by atoms with E-state index >= 15 is 0 Å². The van der Waals surface area contributed by atoms with Gasteiger partial charge in [0.25, 0.3) is 5.69 Å². The molecule has 0 aliphatic carbocycles. The molecular formula is C11H7N5O4. The summed E-state index contributed by atoms with van der Waals surface area (Å²) in [4.78, 5) is 25.1. The quantitative estimate of drug-likeness (QED) is 0.504. The van der Waals surface area contributed by atoms with Crippen molar-refractivity contribution in [2.24, 2.45) is 0 Å². The molecule has 0 N–H and O–H groups in total. The first-order chi connectivity index (χ1) is 9.56. The molecule has 0 atom stereocenters. The van der Waals surface area contributed by atoms with Gasteiger partial charge in [-0.15, -0.1) is 0 Å². The van der Waals surface area contributed by atoms with Gasteiger partial charge in [0.15, 0.2) is 11.2 Å². The topological polar surface area (TPSA) is 117 Å². The van der Waals surface area contributed by atoms with Crippen LogP contribution < -0.4 is 5.76 Å². The average Bonchev–Trinajstić information content (AvgIpc) is 2.75. The summed E-state index contributed by atoms with van der Waals surface area (Å²) in [6, 6.07) is 5.84. The summed E-state index contributed by atoms with van der Waals surface area (Å²) in [5.74, 6) is -0.857. The van der Waals surface area contributed by atoms with Crippen LogP contribution in [0.4, 0.5) is 5.69 Å². The van der Waals surface area contributed by atoms with E-state index in [1.54, 1.807) is 13.0 Å². The van der Waals surface area contributed by atoms with Gasteiger partial charge in [0.2, 0.25) is 0 Å². The summed E-state index contributed by atoms with van der Waals surface area (Å²) in [7, 11) is 0. The van der Waals surface area contributed by atoms with Gasteiger partial charge in [0, 0.05) is 12.1 Å². The Morgan fingerprint density at radius 3 is 2.95 bits per heavy atom. The first-order valence-corrected chi connectivity index (χ1v) is 5.54. The van der Waals surface area contributed by atoms with Gasteiger partial charge >= 0.3 is 5.76 Å². The third-order valence-corrected chi connectivity index (χ3v) is 2.70. The van der Waals surface area contributed by atoms with E-state index in [0.29, 0.717) is 16.9 Å². The summed E-state index contributed by atoms with van der Waals surface area (Å²) in [6.45, 7) is 1.67. The molecule has 9 heteroatoms. The second-order valence-electron chi connectivity index (χ2n) is 4.01. The third kappa shape index (κ3) is 1.81. The number of fused-ring (bicyclic) bond motifs is 1. The summed E-state index contributed by atoms with van der Waals surface area (Å²) < 4.78 is 5.78. The lowest BCUT2D eigenvalue weighted by atomic mass is 10.3. The van der Waals surface area contributed by atoms with Crippen molar-refractivity contribution in [2.75, 3.05) is 0 Å². The molecule has 0 saturated heterocycles. The van der Waals surface area contributed by atoms with Crippen molar-refractivity contribution < 1.29 is 9.45 Å². The zero-order chi connectivity index (χ0) is 14.3. The van der Waals surface area contributed by atoms with E-state index in [1.165, 1.54) is 22.9 Å². The first kappa shape index (κ1) is 12.0. The molecule has 0 fully saturated rings. The van der Waals surface area contributed by atoms with Crippen LogP contribution >= 0.6 is 0 Å². The molecule has 2 heterocycles. The van der Waals surface area contributed by atoms with Crippen molar-refractivity contribution in [1.82, 2.24) is 19.9 Å². The molecule has 100 valence electrons. The molecule has 0 saturated carbocycles. The molecule has 0 amide bonds. The molecule has 0 aliphatic rings. The van der Waals surface area contributed by atoms with E-state index in [9.17, 15) is 14.9 Å². The molecule has 0 aliphatic heterocycles. The third-order valence-electron chi connectivity index (χ3n) is 2.70. The van der Waals surface area contributed by atoms with Crippen LogP contribution in [0.2, 0.25) is 0 Å². The second-order valence-corrected chi connectivity index (χ2v) is 4.01. The average molecular weight is 273 g/mol. The maximum absolute atomic E-state index is 11.2. The van der Waals surface area contributed by atoms with E-state index in [-0.39, 0.29) is 11.3 Å². The number of rotatable bonds is 2. The summed E-state index contributed by atoms with van der Waals surface area (Å²) in [5.41, 5.74) is 1.36. The van der Waals surface area contributed by atoms with Crippen molar-refractivity contribution >= 4 is 16.9 Å². The molecule has 0 radical (unpaired) electrons. The van der Waals surface area contributed by atoms with Crippen LogP contribution in [0.1, 0.15) is 5.69 Å². The van der Waals surface area contributed by atoms with Crippen LogP contribution in [0.15, 0.2) is 33.6 Å². The molecule has 3 aromatic rings. The monoisotopic (exact) mass is 273 g/mol. The molecule has 0 spiro atoms. The Morgan fingerprint density at radius 1 is 1.40 bits per heavy atom. The lowest BCUT2D eigenvalue weighted by molar-refractivity contribution is -0.384. The van der Waals surface area contributed by atoms with Gasteiger partial charge in [0.05, 0.1) is 16.3 Å². The number of benzene rings is 1. The highest BCUT2D eigenvalue weighted by molar-refractivity contribution is 5.74. The van der Waals surface area contributed by atoms with Crippen LogP contribution in [0.5, 0.6) is 0 Å². The van der Waals surface area contributed by atoms with Crippen molar-refractivity contribution in [3.05, 3.63) is 50.6 Å². The Hall–Kier alpha value is -3.10. The number of non-ortho nitro benzene ring substituents is 1. The standard InChI is InChI=1S/C11H7N5O4/c1-6-9-10(12-11(17)20-14-9)15(13-6)7-3-2-4-8(5-7)16(18)19/h2-5H,1H3. The van der Waals surface area contributed by atoms with E-state index < -0.39 is 10.7 Å². The summed E-state index contributed by atoms with van der Waals surface area (Å²) in [6.07, 6.45) is 0. The van der Waals surface area contributed by atoms with Crippen molar-refractivity contribution in [3.8, 4) is 5.69 Å². The van der Waals surface area contributed by atoms with Crippen molar-refractivity contribution in [3.63, 3.8) is 0 Å². The minimum atomic E-state index is -0.857. The molecule has 2 aromatic heterocycles. The van der Waals surface area contributed by atoms with E-state index in [2.05, 4.69) is 19.8 Å². The second kappa shape index (κ2) is 4.23. The maximum atomic E-state index is 11.2. The number of hydrogen-bond donors (Lipinski definition) is 0. The van der Waals surface area contributed by atoms with Gasteiger partial charge < -0.3 is 0 Å². The fourth-order valence-electron chi connectivity index (χ4n) is 1.82. The van der Waals surface area contributed by atoms with E-state index in [1.807, 2.05) is 0 Å². The summed E-state index contributed by atoms with van der Waals surface area (Å²) >= 11 is 0. The molecule has 1 aromatic carbocycles. The molecule has 0 bridgehead atoms. The number of aryl methyl sites for hydroxylation is 1. The molecular weight excluding hydrogens is 266 g/mol.